The van der Waals surface area contributed by atoms with Crippen LogP contribution >= 0.6 is 0 Å². The summed E-state index contributed by atoms with van der Waals surface area (Å²) in [6.07, 6.45) is 3.54. The van der Waals surface area contributed by atoms with E-state index in [9.17, 15) is 9.59 Å². The molecule has 1 aliphatic heterocycles. The van der Waals surface area contributed by atoms with Crippen molar-refractivity contribution < 1.29 is 9.59 Å². The van der Waals surface area contributed by atoms with Crippen LogP contribution in [0.25, 0.3) is 5.57 Å². The van der Waals surface area contributed by atoms with Crippen LogP contribution in [0.15, 0.2) is 60.7 Å². The molecule has 0 bridgehead atoms. The topological polar surface area (TPSA) is 37.4 Å². The largest absolute Gasteiger partial charge is 0.339 e. The summed E-state index contributed by atoms with van der Waals surface area (Å²) in [6.45, 7) is 3.34. The van der Waals surface area contributed by atoms with Gasteiger partial charge in [0.25, 0.3) is 0 Å². The van der Waals surface area contributed by atoms with Gasteiger partial charge < -0.3 is 4.90 Å². The Hall–Kier alpha value is -2.68. The third kappa shape index (κ3) is 4.44. The lowest BCUT2D eigenvalue weighted by atomic mass is 9.99. The quantitative estimate of drug-likeness (QED) is 0.766. The first-order chi connectivity index (χ1) is 12.1. The standard InChI is InChI=1S/C22H23NO2/c1-17-7-9-20(10-8-17)21(24)11-12-22(25)23-15-13-19(14-16-23)18-5-3-2-4-6-18/h2-10,13H,11-12,14-16H2,1H3. The number of hydrogen-bond acceptors (Lipinski definition) is 2. The van der Waals surface area contributed by atoms with Crippen molar-refractivity contribution in [2.45, 2.75) is 26.2 Å². The Kier molecular flexibility index (Phi) is 5.44. The van der Waals surface area contributed by atoms with Crippen molar-refractivity contribution in [3.8, 4) is 0 Å². The number of nitrogens with zero attached hydrogens (tertiary/aromatic N) is 1. The Morgan fingerprint density at radius 2 is 1.68 bits per heavy atom. The number of ketones is 1. The molecule has 2 aromatic rings. The van der Waals surface area contributed by atoms with Gasteiger partial charge in [-0.05, 0) is 24.5 Å². The summed E-state index contributed by atoms with van der Waals surface area (Å²) >= 11 is 0. The number of Topliss-reactive ketones (excluding diaryl/α,β-unsaturated/α-hetero) is 1. The second kappa shape index (κ2) is 7.93. The Bertz CT molecular complexity index is 775. The summed E-state index contributed by atoms with van der Waals surface area (Å²) in [4.78, 5) is 26.4. The number of amides is 1. The average Bonchev–Trinajstić information content (AvgIpc) is 2.67. The molecule has 1 aliphatic rings. The molecule has 3 heteroatoms. The van der Waals surface area contributed by atoms with Gasteiger partial charge in [-0.2, -0.15) is 0 Å². The van der Waals surface area contributed by atoms with Crippen LogP contribution in [0.1, 0.15) is 40.7 Å². The highest BCUT2D eigenvalue weighted by Gasteiger charge is 2.19. The number of carbonyl (C=O) groups is 2. The lowest BCUT2D eigenvalue weighted by molar-refractivity contribution is -0.130. The van der Waals surface area contributed by atoms with Crippen LogP contribution in [-0.2, 0) is 4.79 Å². The zero-order chi connectivity index (χ0) is 17.6. The van der Waals surface area contributed by atoms with Crippen LogP contribution in [0.3, 0.4) is 0 Å². The summed E-state index contributed by atoms with van der Waals surface area (Å²) in [5, 5.41) is 0. The van der Waals surface area contributed by atoms with Gasteiger partial charge in [-0.25, -0.2) is 0 Å². The van der Waals surface area contributed by atoms with E-state index in [1.54, 1.807) is 0 Å². The summed E-state index contributed by atoms with van der Waals surface area (Å²) in [7, 11) is 0. The SMILES string of the molecule is Cc1ccc(C(=O)CCC(=O)N2CC=C(c3ccccc3)CC2)cc1. The zero-order valence-electron chi connectivity index (χ0n) is 14.6. The minimum absolute atomic E-state index is 0.0332. The number of benzene rings is 2. The number of hydrogen-bond donors (Lipinski definition) is 0. The van der Waals surface area contributed by atoms with Crippen LogP contribution in [-0.4, -0.2) is 29.7 Å². The molecule has 1 amide bonds. The molecule has 0 fully saturated rings. The van der Waals surface area contributed by atoms with Crippen molar-refractivity contribution in [2.24, 2.45) is 0 Å². The maximum atomic E-state index is 12.4. The molecule has 128 valence electrons. The predicted molar refractivity (Wildman–Crippen MR) is 100 cm³/mol. The van der Waals surface area contributed by atoms with E-state index in [1.807, 2.05) is 54.3 Å². The van der Waals surface area contributed by atoms with Gasteiger partial charge in [0.05, 0.1) is 0 Å². The van der Waals surface area contributed by atoms with Crippen LogP contribution < -0.4 is 0 Å². The fourth-order valence-corrected chi connectivity index (χ4v) is 3.07. The molecule has 0 atom stereocenters. The van der Waals surface area contributed by atoms with E-state index in [4.69, 9.17) is 0 Å². The summed E-state index contributed by atoms with van der Waals surface area (Å²) in [5.74, 6) is 0.0923. The van der Waals surface area contributed by atoms with E-state index in [1.165, 1.54) is 11.1 Å². The monoisotopic (exact) mass is 333 g/mol. The van der Waals surface area contributed by atoms with E-state index in [0.29, 0.717) is 12.1 Å². The highest BCUT2D eigenvalue weighted by Crippen LogP contribution is 2.22. The molecule has 2 aromatic carbocycles. The minimum Gasteiger partial charge on any atom is -0.339 e. The van der Waals surface area contributed by atoms with Crippen LogP contribution in [0.4, 0.5) is 0 Å². The molecule has 3 nitrogen and oxygen atoms in total. The smallest absolute Gasteiger partial charge is 0.223 e. The predicted octanol–water partition coefficient (Wildman–Crippen LogP) is 4.27. The highest BCUT2D eigenvalue weighted by atomic mass is 16.2. The first-order valence-corrected chi connectivity index (χ1v) is 8.75. The van der Waals surface area contributed by atoms with Crippen molar-refractivity contribution in [3.05, 3.63) is 77.4 Å². The minimum atomic E-state index is 0.0332. The van der Waals surface area contributed by atoms with Gasteiger partial charge in [0.2, 0.25) is 5.91 Å². The molecule has 0 saturated carbocycles. The van der Waals surface area contributed by atoms with Crippen molar-refractivity contribution in [3.63, 3.8) is 0 Å². The first kappa shape index (κ1) is 17.2. The molecule has 0 N–H and O–H groups in total. The maximum absolute atomic E-state index is 12.4. The molecule has 0 aromatic heterocycles. The summed E-state index contributed by atoms with van der Waals surface area (Å²) in [6, 6.07) is 17.8. The van der Waals surface area contributed by atoms with Gasteiger partial charge in [0.15, 0.2) is 5.78 Å². The van der Waals surface area contributed by atoms with Crippen LogP contribution in [0, 0.1) is 6.92 Å². The maximum Gasteiger partial charge on any atom is 0.223 e. The molecular weight excluding hydrogens is 310 g/mol. The number of rotatable bonds is 5. The Morgan fingerprint density at radius 3 is 2.32 bits per heavy atom. The fourth-order valence-electron chi connectivity index (χ4n) is 3.07. The number of aryl methyl sites for hydroxylation is 1. The highest BCUT2D eigenvalue weighted by molar-refractivity contribution is 5.98. The molecule has 0 radical (unpaired) electrons. The molecular formula is C22H23NO2. The average molecular weight is 333 g/mol. The van der Waals surface area contributed by atoms with Crippen molar-refractivity contribution in [1.29, 1.82) is 0 Å². The fraction of sp³-hybridized carbons (Fsp3) is 0.273. The second-order valence-corrected chi connectivity index (χ2v) is 6.47. The lowest BCUT2D eigenvalue weighted by Gasteiger charge is -2.26. The molecule has 0 spiro atoms. The van der Waals surface area contributed by atoms with Gasteiger partial charge in [-0.15, -0.1) is 0 Å². The van der Waals surface area contributed by atoms with Crippen molar-refractivity contribution >= 4 is 17.3 Å². The van der Waals surface area contributed by atoms with E-state index in [2.05, 4.69) is 18.2 Å². The molecule has 0 saturated heterocycles. The Balaban J connectivity index is 1.52. The second-order valence-electron chi connectivity index (χ2n) is 6.47. The summed E-state index contributed by atoms with van der Waals surface area (Å²) < 4.78 is 0. The first-order valence-electron chi connectivity index (χ1n) is 8.75. The van der Waals surface area contributed by atoms with E-state index < -0.39 is 0 Å². The van der Waals surface area contributed by atoms with E-state index in [-0.39, 0.29) is 24.5 Å². The third-order valence-corrected chi connectivity index (χ3v) is 4.65. The normalized spacial score (nSPS) is 14.1. The molecule has 1 heterocycles. The third-order valence-electron chi connectivity index (χ3n) is 4.65. The number of carbonyl (C=O) groups excluding carboxylic acids is 2. The Labute approximate surface area is 149 Å². The van der Waals surface area contributed by atoms with E-state index in [0.717, 1.165) is 18.5 Å². The van der Waals surface area contributed by atoms with Crippen LogP contribution in [0.2, 0.25) is 0 Å². The van der Waals surface area contributed by atoms with Crippen LogP contribution in [0.5, 0.6) is 0 Å². The molecule has 0 unspecified atom stereocenters. The van der Waals surface area contributed by atoms with Gasteiger partial charge in [-0.1, -0.05) is 66.2 Å². The molecule has 25 heavy (non-hydrogen) atoms. The van der Waals surface area contributed by atoms with Gasteiger partial charge >= 0.3 is 0 Å². The van der Waals surface area contributed by atoms with Gasteiger partial charge in [-0.3, -0.25) is 9.59 Å². The molecule has 3 rings (SSSR count). The lowest BCUT2D eigenvalue weighted by Crippen LogP contribution is -2.34. The Morgan fingerprint density at radius 1 is 0.960 bits per heavy atom. The van der Waals surface area contributed by atoms with Gasteiger partial charge in [0, 0.05) is 31.5 Å². The van der Waals surface area contributed by atoms with E-state index >= 15 is 0 Å². The summed E-state index contributed by atoms with van der Waals surface area (Å²) in [5.41, 5.74) is 4.33. The van der Waals surface area contributed by atoms with Crippen molar-refractivity contribution in [1.82, 2.24) is 4.90 Å². The zero-order valence-corrected chi connectivity index (χ0v) is 14.6. The molecule has 0 aliphatic carbocycles. The van der Waals surface area contributed by atoms with Gasteiger partial charge in [0.1, 0.15) is 0 Å². The van der Waals surface area contributed by atoms with Crippen molar-refractivity contribution in [2.75, 3.05) is 13.1 Å².